The molecule has 3 aromatic heterocycles. The zero-order valence-corrected chi connectivity index (χ0v) is 28.1. The number of aromatic nitrogens is 4. The molecule has 0 saturated carbocycles. The molecule has 1 fully saturated rings. The summed E-state index contributed by atoms with van der Waals surface area (Å²) >= 11 is 0. The number of hydrogen-bond acceptors (Lipinski definition) is 10. The van der Waals surface area contributed by atoms with Gasteiger partial charge in [-0.2, -0.15) is 39.5 Å². The summed E-state index contributed by atoms with van der Waals surface area (Å²) < 4.78 is 108. The van der Waals surface area contributed by atoms with E-state index in [0.29, 0.717) is 5.88 Å². The average Bonchev–Trinajstić information content (AvgIpc) is 3.52. The van der Waals surface area contributed by atoms with Crippen LogP contribution in [0.4, 0.5) is 39.5 Å². The van der Waals surface area contributed by atoms with Crippen molar-refractivity contribution in [2.45, 2.75) is 31.1 Å². The van der Waals surface area contributed by atoms with Crippen LogP contribution >= 0.6 is 0 Å². The van der Waals surface area contributed by atoms with E-state index in [4.69, 9.17) is 39.2 Å². The molecule has 1 unspecified atom stereocenters. The van der Waals surface area contributed by atoms with Crippen molar-refractivity contribution >= 4 is 23.4 Å². The van der Waals surface area contributed by atoms with E-state index in [1.807, 2.05) is 35.0 Å². The van der Waals surface area contributed by atoms with E-state index in [1.165, 1.54) is 0 Å². The van der Waals surface area contributed by atoms with Gasteiger partial charge in [0, 0.05) is 55.3 Å². The van der Waals surface area contributed by atoms with Crippen molar-refractivity contribution in [2.24, 2.45) is 0 Å². The Hall–Kier alpha value is -5.71. The molecule has 0 amide bonds. The number of para-hydroxylation sites is 1. The highest BCUT2D eigenvalue weighted by Gasteiger charge is 2.39. The summed E-state index contributed by atoms with van der Waals surface area (Å²) in [7, 11) is 5.51. The number of alkyl halides is 9. The third-order valence-electron chi connectivity index (χ3n) is 7.07. The first-order valence-corrected chi connectivity index (χ1v) is 14.8. The molecule has 5 rings (SSSR count). The maximum Gasteiger partial charge on any atom is 0.490 e. The molecular weight excluding hydrogens is 755 g/mol. The Labute approximate surface area is 298 Å². The number of hydrogen-bond donors (Lipinski definition) is 3. The third kappa shape index (κ3) is 13.1. The van der Waals surface area contributed by atoms with E-state index < -0.39 is 36.4 Å². The van der Waals surface area contributed by atoms with Crippen molar-refractivity contribution in [3.63, 3.8) is 0 Å². The lowest BCUT2D eigenvalue weighted by Gasteiger charge is -2.38. The van der Waals surface area contributed by atoms with Gasteiger partial charge in [0.2, 0.25) is 5.88 Å². The first-order valence-electron chi connectivity index (χ1n) is 14.8. The minimum Gasteiger partial charge on any atom is -0.496 e. The van der Waals surface area contributed by atoms with Crippen molar-refractivity contribution in [2.75, 3.05) is 40.9 Å². The predicted octanol–water partition coefficient (Wildman–Crippen LogP) is 5.20. The largest absolute Gasteiger partial charge is 0.496 e. The van der Waals surface area contributed by atoms with Crippen molar-refractivity contribution in [3.8, 4) is 22.8 Å². The van der Waals surface area contributed by atoms with E-state index in [1.54, 1.807) is 20.4 Å². The van der Waals surface area contributed by atoms with Crippen LogP contribution in [0.1, 0.15) is 17.3 Å². The van der Waals surface area contributed by atoms with Crippen LogP contribution < -0.4 is 9.47 Å². The number of ether oxygens (including phenoxy) is 2. The third-order valence-corrected chi connectivity index (χ3v) is 7.07. The fraction of sp³-hybridized carbons (Fsp3) is 0.355. The fourth-order valence-electron chi connectivity index (χ4n) is 4.53. The van der Waals surface area contributed by atoms with Crippen LogP contribution in [0.5, 0.6) is 11.6 Å². The summed E-state index contributed by atoms with van der Waals surface area (Å²) in [6.45, 7) is 3.57. The molecule has 0 bridgehead atoms. The van der Waals surface area contributed by atoms with Gasteiger partial charge in [-0.1, -0.05) is 35.5 Å². The molecular formula is C31H31F9N6O8. The minimum absolute atomic E-state index is 0.149. The van der Waals surface area contributed by atoms with E-state index in [0.717, 1.165) is 59.8 Å². The maximum absolute atomic E-state index is 10.6. The van der Waals surface area contributed by atoms with Gasteiger partial charge in [0.15, 0.2) is 0 Å². The van der Waals surface area contributed by atoms with Gasteiger partial charge < -0.3 is 24.8 Å². The van der Waals surface area contributed by atoms with E-state index in [9.17, 15) is 39.5 Å². The van der Waals surface area contributed by atoms with Gasteiger partial charge in [-0.05, 0) is 25.2 Å². The number of carboxylic acids is 3. The van der Waals surface area contributed by atoms with Gasteiger partial charge in [-0.3, -0.25) is 9.80 Å². The van der Waals surface area contributed by atoms with Crippen molar-refractivity contribution in [1.29, 1.82) is 0 Å². The lowest BCUT2D eigenvalue weighted by atomic mass is 10.0. The summed E-state index contributed by atoms with van der Waals surface area (Å²) in [5, 5.41) is 30.4. The first-order chi connectivity index (χ1) is 25.0. The van der Waals surface area contributed by atoms with Crippen LogP contribution in [0.25, 0.3) is 16.6 Å². The molecule has 14 nitrogen and oxygen atoms in total. The second kappa shape index (κ2) is 18.9. The monoisotopic (exact) mass is 786 g/mol. The topological polar surface area (TPSA) is 180 Å². The second-order valence-electron chi connectivity index (χ2n) is 10.7. The van der Waals surface area contributed by atoms with E-state index in [2.05, 4.69) is 56.4 Å². The number of nitrogens with zero attached hydrogens (tertiary/aromatic N) is 6. The van der Waals surface area contributed by atoms with Crippen LogP contribution in [-0.4, -0.2) is 122 Å². The number of benzene rings is 1. The molecule has 296 valence electrons. The Bertz CT molecular complexity index is 1810. The van der Waals surface area contributed by atoms with Crippen LogP contribution in [0.3, 0.4) is 0 Å². The lowest BCUT2D eigenvalue weighted by Crippen LogP contribution is -2.46. The number of piperazine rings is 1. The summed E-state index contributed by atoms with van der Waals surface area (Å²) in [6.07, 6.45) is -11.5. The van der Waals surface area contributed by atoms with E-state index >= 15 is 0 Å². The highest BCUT2D eigenvalue weighted by atomic mass is 19.4. The van der Waals surface area contributed by atoms with Crippen molar-refractivity contribution < 1.29 is 78.7 Å². The number of rotatable bonds is 6. The van der Waals surface area contributed by atoms with Gasteiger partial charge in [0.1, 0.15) is 11.4 Å². The van der Waals surface area contributed by atoms with E-state index in [-0.39, 0.29) is 6.04 Å². The van der Waals surface area contributed by atoms with Crippen LogP contribution in [0.2, 0.25) is 0 Å². The molecule has 0 spiro atoms. The molecule has 1 aliphatic rings. The molecule has 4 aromatic rings. The van der Waals surface area contributed by atoms with Crippen molar-refractivity contribution in [3.05, 3.63) is 72.2 Å². The number of carboxylic acid groups (broad SMARTS) is 3. The molecule has 0 aliphatic carbocycles. The zero-order chi connectivity index (χ0) is 41.0. The highest BCUT2D eigenvalue weighted by molar-refractivity contribution is 5.74. The number of methoxy groups -OCH3 is 2. The summed E-state index contributed by atoms with van der Waals surface area (Å²) in [6, 6.07) is 16.4. The molecule has 1 aromatic carbocycles. The molecule has 1 saturated heterocycles. The zero-order valence-electron chi connectivity index (χ0n) is 28.1. The summed E-state index contributed by atoms with van der Waals surface area (Å²) in [4.78, 5) is 35.8. The number of pyridine rings is 2. The fourth-order valence-corrected chi connectivity index (χ4v) is 4.53. The van der Waals surface area contributed by atoms with Gasteiger partial charge in [0.25, 0.3) is 0 Å². The Morgan fingerprint density at radius 1 is 0.796 bits per heavy atom. The normalized spacial score (nSPS) is 15.0. The van der Waals surface area contributed by atoms with Gasteiger partial charge in [0.05, 0.1) is 25.8 Å². The van der Waals surface area contributed by atoms with Crippen molar-refractivity contribution in [1.82, 2.24) is 29.6 Å². The molecule has 4 heterocycles. The molecule has 1 aliphatic heterocycles. The molecule has 23 heteroatoms. The Morgan fingerprint density at radius 3 is 1.87 bits per heavy atom. The predicted molar refractivity (Wildman–Crippen MR) is 167 cm³/mol. The smallest absolute Gasteiger partial charge is 0.490 e. The number of aliphatic carboxylic acids is 3. The Morgan fingerprint density at radius 2 is 1.35 bits per heavy atom. The van der Waals surface area contributed by atoms with Gasteiger partial charge in [-0.15, -0.1) is 5.10 Å². The number of carbonyl (C=O) groups is 3. The first kappa shape index (κ1) is 44.5. The highest BCUT2D eigenvalue weighted by Crippen LogP contribution is 2.32. The second-order valence-corrected chi connectivity index (χ2v) is 10.7. The van der Waals surface area contributed by atoms with Crippen LogP contribution in [0, 0.1) is 0 Å². The number of likely N-dealkylation sites (N-methyl/N-ethyl adjacent to an activating group) is 1. The quantitative estimate of drug-likeness (QED) is 0.218. The minimum atomic E-state index is -5.08. The SMILES string of the molecule is COc1ccccc1-c1ccc2c(C3CN(Cc4cccnc4OC)CCN3C)nnn2c1.O=C(O)C(F)(F)F.O=C(O)C(F)(F)F.O=C(O)C(F)(F)F. The standard InChI is InChI=1S/C25H28N6O2.3C2HF3O2/c1-29-13-14-30(15-19-7-6-12-26-25(19)33-3)17-22(29)24-21-11-10-18(16-31(21)28-27-24)20-8-4-5-9-23(20)32-2;3*3-2(4,5)1(6)7/h4-12,16,22H,13-15,17H2,1-3H3;3*(H,6,7). The maximum atomic E-state index is 10.6. The molecule has 3 N–H and O–H groups in total. The van der Waals surface area contributed by atoms with Gasteiger partial charge >= 0.3 is 36.4 Å². The van der Waals surface area contributed by atoms with Gasteiger partial charge in [-0.25, -0.2) is 23.9 Å². The number of halogens is 9. The van der Waals surface area contributed by atoms with Crippen LogP contribution in [-0.2, 0) is 20.9 Å². The molecule has 54 heavy (non-hydrogen) atoms. The number of fused-ring (bicyclic) bond motifs is 1. The average molecular weight is 787 g/mol. The molecule has 1 atom stereocenters. The summed E-state index contributed by atoms with van der Waals surface area (Å²) in [5.74, 6) is -6.75. The lowest BCUT2D eigenvalue weighted by molar-refractivity contribution is -0.193. The van der Waals surface area contributed by atoms with Crippen LogP contribution in [0.15, 0.2) is 60.9 Å². The Kier molecular flexibility index (Phi) is 15.5. The Balaban J connectivity index is 0.000000393. The molecule has 0 radical (unpaired) electrons. The summed E-state index contributed by atoms with van der Waals surface area (Å²) in [5.41, 5.74) is 5.18.